The predicted molar refractivity (Wildman–Crippen MR) is 135 cm³/mol. The molecule has 1 amide bonds. The van der Waals surface area contributed by atoms with Gasteiger partial charge in [-0.25, -0.2) is 0 Å². The summed E-state index contributed by atoms with van der Waals surface area (Å²) in [5.41, 5.74) is 2.23. The van der Waals surface area contributed by atoms with Gasteiger partial charge < -0.3 is 14.8 Å². The van der Waals surface area contributed by atoms with Crippen molar-refractivity contribution >= 4 is 46.5 Å². The van der Waals surface area contributed by atoms with Crippen molar-refractivity contribution in [3.63, 3.8) is 0 Å². The molecule has 0 bridgehead atoms. The molecule has 0 saturated carbocycles. The molecule has 0 fully saturated rings. The summed E-state index contributed by atoms with van der Waals surface area (Å²) in [6.45, 7) is 0.756. The first-order valence-corrected chi connectivity index (χ1v) is 11.4. The molecular weight excluding hydrogens is 497 g/mol. The number of rotatable bonds is 8. The fourth-order valence-corrected chi connectivity index (χ4v) is 3.82. The molecule has 4 rings (SSSR count). The topological polar surface area (TPSA) is 65.4 Å². The van der Waals surface area contributed by atoms with Crippen LogP contribution in [0.5, 0.6) is 11.5 Å². The van der Waals surface area contributed by atoms with Crippen LogP contribution in [0.2, 0.25) is 15.1 Å². The number of hydrogen-bond donors (Lipinski definition) is 1. The van der Waals surface area contributed by atoms with Gasteiger partial charge >= 0.3 is 0 Å². The summed E-state index contributed by atoms with van der Waals surface area (Å²) >= 11 is 18.4. The highest BCUT2D eigenvalue weighted by Crippen LogP contribution is 2.25. The standard InChI is InChI=1S/C25H20Cl3N3O3/c1-33-20-8-10-21(11-9-20)34-15-16-2-4-17(5-3-16)25(32)29-24-23(28)14-31(30-24)13-18-6-7-19(26)12-22(18)27/h2-12,14H,13,15H2,1H3,(H,29,30,32). The molecule has 174 valence electrons. The third-order valence-electron chi connectivity index (χ3n) is 4.98. The van der Waals surface area contributed by atoms with Gasteiger partial charge in [0.15, 0.2) is 5.82 Å². The van der Waals surface area contributed by atoms with E-state index in [1.165, 1.54) is 0 Å². The number of aromatic nitrogens is 2. The first-order chi connectivity index (χ1) is 16.4. The van der Waals surface area contributed by atoms with Gasteiger partial charge in [0, 0.05) is 21.8 Å². The van der Waals surface area contributed by atoms with Gasteiger partial charge in [0.25, 0.3) is 5.91 Å². The zero-order valence-electron chi connectivity index (χ0n) is 18.1. The number of amides is 1. The molecule has 0 radical (unpaired) electrons. The minimum Gasteiger partial charge on any atom is -0.497 e. The van der Waals surface area contributed by atoms with Crippen LogP contribution in [0.15, 0.2) is 72.9 Å². The van der Waals surface area contributed by atoms with E-state index in [1.54, 1.807) is 42.3 Å². The van der Waals surface area contributed by atoms with Crippen molar-refractivity contribution < 1.29 is 14.3 Å². The number of carbonyl (C=O) groups excluding carboxylic acids is 1. The number of anilines is 1. The second-order valence-electron chi connectivity index (χ2n) is 7.37. The maximum absolute atomic E-state index is 12.7. The van der Waals surface area contributed by atoms with E-state index in [-0.39, 0.29) is 11.7 Å². The molecule has 1 N–H and O–H groups in total. The molecule has 9 heteroatoms. The monoisotopic (exact) mass is 515 g/mol. The third kappa shape index (κ3) is 6.03. The second kappa shape index (κ2) is 10.8. The van der Waals surface area contributed by atoms with Crippen molar-refractivity contribution in [3.05, 3.63) is 105 Å². The van der Waals surface area contributed by atoms with E-state index < -0.39 is 0 Å². The number of halogens is 3. The van der Waals surface area contributed by atoms with Crippen molar-refractivity contribution in [3.8, 4) is 11.5 Å². The summed E-state index contributed by atoms with van der Waals surface area (Å²) < 4.78 is 12.5. The molecule has 0 spiro atoms. The smallest absolute Gasteiger partial charge is 0.256 e. The van der Waals surface area contributed by atoms with Gasteiger partial charge in [0.1, 0.15) is 23.1 Å². The lowest BCUT2D eigenvalue weighted by molar-refractivity contribution is 0.102. The lowest BCUT2D eigenvalue weighted by atomic mass is 10.1. The fraction of sp³-hybridized carbons (Fsp3) is 0.120. The Kier molecular flexibility index (Phi) is 7.63. The maximum Gasteiger partial charge on any atom is 0.256 e. The number of nitrogens with one attached hydrogen (secondary N) is 1. The zero-order valence-corrected chi connectivity index (χ0v) is 20.4. The number of hydrogen-bond acceptors (Lipinski definition) is 4. The Labute approximate surface area is 212 Å². The molecular formula is C25H20Cl3N3O3. The molecule has 0 saturated heterocycles. The van der Waals surface area contributed by atoms with Gasteiger partial charge in [-0.15, -0.1) is 0 Å². The molecule has 6 nitrogen and oxygen atoms in total. The molecule has 0 aliphatic heterocycles. The van der Waals surface area contributed by atoms with E-state index >= 15 is 0 Å². The predicted octanol–water partition coefficient (Wildman–Crippen LogP) is 6.73. The van der Waals surface area contributed by atoms with Gasteiger partial charge in [-0.3, -0.25) is 9.48 Å². The van der Waals surface area contributed by atoms with Crippen LogP contribution in [0, 0.1) is 0 Å². The van der Waals surface area contributed by atoms with E-state index in [1.807, 2.05) is 42.5 Å². The van der Waals surface area contributed by atoms with Gasteiger partial charge in [-0.1, -0.05) is 53.0 Å². The Morgan fingerprint density at radius 1 is 0.941 bits per heavy atom. The van der Waals surface area contributed by atoms with Crippen molar-refractivity contribution in [2.24, 2.45) is 0 Å². The average molecular weight is 517 g/mol. The lowest BCUT2D eigenvalue weighted by Crippen LogP contribution is -2.13. The molecule has 34 heavy (non-hydrogen) atoms. The van der Waals surface area contributed by atoms with Crippen LogP contribution in [0.25, 0.3) is 0 Å². The van der Waals surface area contributed by atoms with Crippen LogP contribution in [0.1, 0.15) is 21.5 Å². The van der Waals surface area contributed by atoms with Crippen molar-refractivity contribution in [2.45, 2.75) is 13.2 Å². The van der Waals surface area contributed by atoms with Crippen LogP contribution in [0.3, 0.4) is 0 Å². The SMILES string of the molecule is COc1ccc(OCc2ccc(C(=O)Nc3nn(Cc4ccc(Cl)cc4Cl)cc3Cl)cc2)cc1. The summed E-state index contributed by atoms with van der Waals surface area (Å²) in [6.07, 6.45) is 1.63. The first kappa shape index (κ1) is 24.0. The Hall–Kier alpha value is -3.19. The number of carbonyl (C=O) groups is 1. The lowest BCUT2D eigenvalue weighted by Gasteiger charge is -2.08. The van der Waals surface area contributed by atoms with Gasteiger partial charge in [0.05, 0.1) is 13.7 Å². The Morgan fingerprint density at radius 2 is 1.65 bits per heavy atom. The van der Waals surface area contributed by atoms with Crippen LogP contribution < -0.4 is 14.8 Å². The van der Waals surface area contributed by atoms with E-state index in [9.17, 15) is 4.79 Å². The van der Waals surface area contributed by atoms with E-state index in [4.69, 9.17) is 44.3 Å². The van der Waals surface area contributed by atoms with Crippen LogP contribution in [-0.4, -0.2) is 22.8 Å². The third-order valence-corrected chi connectivity index (χ3v) is 5.84. The van der Waals surface area contributed by atoms with Gasteiger partial charge in [-0.2, -0.15) is 5.10 Å². The summed E-state index contributed by atoms with van der Waals surface area (Å²) in [4.78, 5) is 12.7. The molecule has 1 aromatic heterocycles. The molecule has 3 aromatic carbocycles. The van der Waals surface area contributed by atoms with E-state index in [2.05, 4.69) is 10.4 Å². The fourth-order valence-electron chi connectivity index (χ4n) is 3.16. The zero-order chi connectivity index (χ0) is 24.1. The quantitative estimate of drug-likeness (QED) is 0.282. The van der Waals surface area contributed by atoms with Gasteiger partial charge in [-0.05, 0) is 59.7 Å². The second-order valence-corrected chi connectivity index (χ2v) is 8.63. The highest BCUT2D eigenvalue weighted by molar-refractivity contribution is 6.35. The van der Waals surface area contributed by atoms with Crippen molar-refractivity contribution in [2.75, 3.05) is 12.4 Å². The number of methoxy groups -OCH3 is 1. The normalized spacial score (nSPS) is 10.7. The number of nitrogens with zero attached hydrogens (tertiary/aromatic N) is 2. The first-order valence-electron chi connectivity index (χ1n) is 10.3. The number of benzene rings is 3. The minimum atomic E-state index is -0.320. The Bertz CT molecular complexity index is 1290. The van der Waals surface area contributed by atoms with Crippen LogP contribution in [0.4, 0.5) is 5.82 Å². The Morgan fingerprint density at radius 3 is 2.32 bits per heavy atom. The molecule has 4 aromatic rings. The summed E-state index contributed by atoms with van der Waals surface area (Å²) in [5.74, 6) is 1.44. The summed E-state index contributed by atoms with van der Waals surface area (Å²) in [6, 6.07) is 19.7. The van der Waals surface area contributed by atoms with E-state index in [0.29, 0.717) is 33.8 Å². The summed E-state index contributed by atoms with van der Waals surface area (Å²) in [5, 5.41) is 8.51. The van der Waals surface area contributed by atoms with Crippen molar-refractivity contribution in [1.29, 1.82) is 0 Å². The maximum atomic E-state index is 12.7. The number of ether oxygens (including phenoxy) is 2. The molecule has 0 unspecified atom stereocenters. The highest BCUT2D eigenvalue weighted by Gasteiger charge is 2.13. The average Bonchev–Trinajstić information content (AvgIpc) is 3.18. The summed E-state index contributed by atoms with van der Waals surface area (Å²) in [7, 11) is 1.62. The minimum absolute atomic E-state index is 0.267. The Balaban J connectivity index is 1.36. The highest BCUT2D eigenvalue weighted by atomic mass is 35.5. The van der Waals surface area contributed by atoms with Gasteiger partial charge in [0.2, 0.25) is 0 Å². The molecule has 1 heterocycles. The molecule has 0 aliphatic carbocycles. The molecule has 0 atom stereocenters. The molecule has 0 aliphatic rings. The van der Waals surface area contributed by atoms with E-state index in [0.717, 1.165) is 22.6 Å². The van der Waals surface area contributed by atoms with Crippen molar-refractivity contribution in [1.82, 2.24) is 9.78 Å². The van der Waals surface area contributed by atoms with Crippen LogP contribution in [-0.2, 0) is 13.2 Å². The van der Waals surface area contributed by atoms with Crippen LogP contribution >= 0.6 is 34.8 Å². The largest absolute Gasteiger partial charge is 0.497 e.